The zero-order valence-corrected chi connectivity index (χ0v) is 14.7. The van der Waals surface area contributed by atoms with Crippen LogP contribution in [-0.2, 0) is 11.2 Å². The van der Waals surface area contributed by atoms with E-state index in [2.05, 4.69) is 32.0 Å². The third-order valence-electron chi connectivity index (χ3n) is 4.53. The van der Waals surface area contributed by atoms with Gasteiger partial charge in [0.25, 0.3) is 5.91 Å². The molecule has 126 valence electrons. The lowest BCUT2D eigenvalue weighted by Crippen LogP contribution is -2.50. The predicted molar refractivity (Wildman–Crippen MR) is 97.5 cm³/mol. The van der Waals surface area contributed by atoms with Gasteiger partial charge in [-0.1, -0.05) is 18.2 Å². The van der Waals surface area contributed by atoms with Crippen molar-refractivity contribution in [3.05, 3.63) is 53.1 Å². The summed E-state index contributed by atoms with van der Waals surface area (Å²) in [5.41, 5.74) is 10.9. The molecule has 0 radical (unpaired) electrons. The van der Waals surface area contributed by atoms with Gasteiger partial charge in [0.2, 0.25) is 0 Å². The first kappa shape index (κ1) is 16.4. The number of aryl methyl sites for hydroxylation is 2. The highest BCUT2D eigenvalue weighted by Crippen LogP contribution is 2.37. The number of amides is 1. The quantitative estimate of drug-likeness (QED) is 0.877. The van der Waals surface area contributed by atoms with E-state index in [0.717, 1.165) is 11.3 Å². The predicted octanol–water partition coefficient (Wildman–Crippen LogP) is 3.63. The topological polar surface area (TPSA) is 55.6 Å². The third kappa shape index (κ3) is 2.96. The van der Waals surface area contributed by atoms with E-state index in [9.17, 15) is 4.79 Å². The van der Waals surface area contributed by atoms with Crippen LogP contribution in [0.15, 0.2) is 36.4 Å². The van der Waals surface area contributed by atoms with Gasteiger partial charge in [0.1, 0.15) is 5.75 Å². The van der Waals surface area contributed by atoms with E-state index in [1.807, 2.05) is 24.8 Å². The number of nitrogens with two attached hydrogens (primary N) is 1. The lowest BCUT2D eigenvalue weighted by Gasteiger charge is -2.37. The molecule has 4 heteroatoms. The number of hydrogen-bond acceptors (Lipinski definition) is 3. The minimum Gasteiger partial charge on any atom is -0.478 e. The van der Waals surface area contributed by atoms with Crippen molar-refractivity contribution < 1.29 is 9.53 Å². The van der Waals surface area contributed by atoms with Crippen LogP contribution in [0, 0.1) is 13.8 Å². The molecule has 1 heterocycles. The summed E-state index contributed by atoms with van der Waals surface area (Å²) in [7, 11) is 0. The molecule has 2 aromatic carbocycles. The lowest BCUT2D eigenvalue weighted by molar-refractivity contribution is -0.126. The molecule has 1 atom stereocenters. The Balaban J connectivity index is 1.94. The van der Waals surface area contributed by atoms with Gasteiger partial charge in [-0.05, 0) is 56.5 Å². The summed E-state index contributed by atoms with van der Waals surface area (Å²) in [6, 6.07) is 11.8. The minimum atomic E-state index is -0.524. The fourth-order valence-corrected chi connectivity index (χ4v) is 3.11. The van der Waals surface area contributed by atoms with Crippen molar-refractivity contribution in [3.63, 3.8) is 0 Å². The molecule has 1 unspecified atom stereocenters. The molecule has 4 nitrogen and oxygen atoms in total. The minimum absolute atomic E-state index is 0.000462. The second-order valence-electron chi connectivity index (χ2n) is 6.76. The van der Waals surface area contributed by atoms with Crippen molar-refractivity contribution in [2.24, 2.45) is 0 Å². The Bertz CT molecular complexity index is 783. The Hall–Kier alpha value is -2.49. The van der Waals surface area contributed by atoms with Crippen molar-refractivity contribution in [3.8, 4) is 5.75 Å². The van der Waals surface area contributed by atoms with Gasteiger partial charge >= 0.3 is 0 Å². The SMILES string of the molecule is Cc1ccc(CC2Oc3cc(N)ccc3N(C(C)C)C2=O)cc1C. The number of ether oxygens (including phenoxy) is 1. The van der Waals surface area contributed by atoms with Crippen LogP contribution in [0.5, 0.6) is 5.75 Å². The second kappa shape index (κ2) is 6.19. The van der Waals surface area contributed by atoms with Gasteiger partial charge in [0, 0.05) is 24.2 Å². The summed E-state index contributed by atoms with van der Waals surface area (Å²) >= 11 is 0. The molecule has 24 heavy (non-hydrogen) atoms. The molecule has 0 aliphatic carbocycles. The van der Waals surface area contributed by atoms with Gasteiger partial charge in [-0.2, -0.15) is 0 Å². The fraction of sp³-hybridized carbons (Fsp3) is 0.350. The van der Waals surface area contributed by atoms with Crippen LogP contribution in [0.3, 0.4) is 0 Å². The zero-order chi connectivity index (χ0) is 17.4. The van der Waals surface area contributed by atoms with Crippen LogP contribution in [0.2, 0.25) is 0 Å². The average Bonchev–Trinajstić information content (AvgIpc) is 2.51. The lowest BCUT2D eigenvalue weighted by atomic mass is 10.00. The molecule has 2 N–H and O–H groups in total. The van der Waals surface area contributed by atoms with Gasteiger partial charge < -0.3 is 15.4 Å². The zero-order valence-electron chi connectivity index (χ0n) is 14.7. The van der Waals surface area contributed by atoms with Crippen LogP contribution in [-0.4, -0.2) is 18.1 Å². The first-order chi connectivity index (χ1) is 11.4. The first-order valence-electron chi connectivity index (χ1n) is 8.32. The standard InChI is InChI=1S/C20H24N2O2/c1-12(2)22-17-8-7-16(21)11-18(17)24-19(20(22)23)10-15-6-5-13(3)14(4)9-15/h5-9,11-12,19H,10,21H2,1-4H3. The van der Waals surface area contributed by atoms with E-state index in [0.29, 0.717) is 17.9 Å². The van der Waals surface area contributed by atoms with Crippen LogP contribution in [0.1, 0.15) is 30.5 Å². The number of rotatable bonds is 3. The summed E-state index contributed by atoms with van der Waals surface area (Å²) in [5, 5.41) is 0. The second-order valence-corrected chi connectivity index (χ2v) is 6.76. The highest BCUT2D eigenvalue weighted by Gasteiger charge is 2.35. The molecule has 0 spiro atoms. The highest BCUT2D eigenvalue weighted by atomic mass is 16.5. The maximum Gasteiger partial charge on any atom is 0.268 e. The van der Waals surface area contributed by atoms with Gasteiger partial charge in [-0.25, -0.2) is 0 Å². The number of carbonyl (C=O) groups is 1. The Labute approximate surface area is 143 Å². The summed E-state index contributed by atoms with van der Waals surface area (Å²) in [4.78, 5) is 14.8. The molecule has 0 fully saturated rings. The number of nitrogens with zero attached hydrogens (tertiary/aromatic N) is 1. The molecular weight excluding hydrogens is 300 g/mol. The Morgan fingerprint density at radius 3 is 2.54 bits per heavy atom. The van der Waals surface area contributed by atoms with Gasteiger partial charge in [-0.15, -0.1) is 0 Å². The molecule has 1 aliphatic heterocycles. The average molecular weight is 324 g/mol. The van der Waals surface area contributed by atoms with Gasteiger partial charge in [0.15, 0.2) is 6.10 Å². The molecule has 0 saturated carbocycles. The number of carbonyl (C=O) groups excluding carboxylic acids is 1. The number of fused-ring (bicyclic) bond motifs is 1. The first-order valence-corrected chi connectivity index (χ1v) is 8.32. The molecule has 3 rings (SSSR count). The molecular formula is C20H24N2O2. The van der Waals surface area contributed by atoms with E-state index in [-0.39, 0.29) is 11.9 Å². The summed E-state index contributed by atoms with van der Waals surface area (Å²) < 4.78 is 6.01. The van der Waals surface area contributed by atoms with Crippen molar-refractivity contribution >= 4 is 17.3 Å². The number of nitrogen functional groups attached to an aromatic ring is 1. The Kier molecular flexibility index (Phi) is 4.22. The van der Waals surface area contributed by atoms with Crippen LogP contribution < -0.4 is 15.4 Å². The van der Waals surface area contributed by atoms with Gasteiger partial charge in [-0.3, -0.25) is 4.79 Å². The van der Waals surface area contributed by atoms with Crippen molar-refractivity contribution in [1.82, 2.24) is 0 Å². The number of benzene rings is 2. The number of hydrogen-bond donors (Lipinski definition) is 1. The van der Waals surface area contributed by atoms with Crippen LogP contribution in [0.25, 0.3) is 0 Å². The van der Waals surface area contributed by atoms with Gasteiger partial charge in [0.05, 0.1) is 5.69 Å². The van der Waals surface area contributed by atoms with E-state index in [1.54, 1.807) is 12.1 Å². The smallest absolute Gasteiger partial charge is 0.268 e. The Morgan fingerprint density at radius 1 is 1.12 bits per heavy atom. The largest absolute Gasteiger partial charge is 0.478 e. The maximum atomic E-state index is 12.9. The molecule has 0 aromatic heterocycles. The molecule has 1 aliphatic rings. The normalized spacial score (nSPS) is 17.0. The van der Waals surface area contributed by atoms with E-state index >= 15 is 0 Å². The monoisotopic (exact) mass is 324 g/mol. The number of anilines is 2. The molecule has 2 aromatic rings. The third-order valence-corrected chi connectivity index (χ3v) is 4.53. The van der Waals surface area contributed by atoms with Crippen molar-refractivity contribution in [2.75, 3.05) is 10.6 Å². The van der Waals surface area contributed by atoms with E-state index < -0.39 is 6.10 Å². The fourth-order valence-electron chi connectivity index (χ4n) is 3.11. The molecule has 0 bridgehead atoms. The van der Waals surface area contributed by atoms with E-state index in [1.165, 1.54) is 11.1 Å². The molecule has 0 saturated heterocycles. The molecule has 1 amide bonds. The summed E-state index contributed by atoms with van der Waals surface area (Å²) in [6.07, 6.45) is 0.0287. The maximum absolute atomic E-state index is 12.9. The van der Waals surface area contributed by atoms with Crippen molar-refractivity contribution in [1.29, 1.82) is 0 Å². The summed E-state index contributed by atoms with van der Waals surface area (Å²) in [6.45, 7) is 8.19. The van der Waals surface area contributed by atoms with E-state index in [4.69, 9.17) is 10.5 Å². The highest BCUT2D eigenvalue weighted by molar-refractivity contribution is 6.00. The van der Waals surface area contributed by atoms with Crippen LogP contribution in [0.4, 0.5) is 11.4 Å². The van der Waals surface area contributed by atoms with Crippen LogP contribution >= 0.6 is 0 Å². The Morgan fingerprint density at radius 2 is 1.88 bits per heavy atom. The van der Waals surface area contributed by atoms with Crippen molar-refractivity contribution in [2.45, 2.75) is 46.3 Å². The summed E-state index contributed by atoms with van der Waals surface area (Å²) in [5.74, 6) is 0.678.